The first-order chi connectivity index (χ1) is 9.64. The molecule has 0 bridgehead atoms. The van der Waals surface area contributed by atoms with Gasteiger partial charge in [0.05, 0.1) is 0 Å². The number of amides is 1. The van der Waals surface area contributed by atoms with E-state index in [1.54, 1.807) is 0 Å². The van der Waals surface area contributed by atoms with Crippen LogP contribution in [0.4, 0.5) is 4.79 Å². The SMILES string of the molecule is CCCC(CNC(=O)OC(C)(C)C)NC(C)CCC(C)C. The van der Waals surface area contributed by atoms with Crippen molar-refractivity contribution in [1.82, 2.24) is 10.6 Å². The fourth-order valence-corrected chi connectivity index (χ4v) is 2.18. The lowest BCUT2D eigenvalue weighted by molar-refractivity contribution is 0.0521. The van der Waals surface area contributed by atoms with Crippen LogP contribution in [0.1, 0.15) is 74.1 Å². The van der Waals surface area contributed by atoms with Crippen molar-refractivity contribution < 1.29 is 9.53 Å². The summed E-state index contributed by atoms with van der Waals surface area (Å²) in [5.41, 5.74) is -0.442. The Morgan fingerprint density at radius 1 is 1.10 bits per heavy atom. The first kappa shape index (κ1) is 20.2. The van der Waals surface area contributed by atoms with Crippen LogP contribution < -0.4 is 10.6 Å². The Bertz CT molecular complexity index is 285. The molecule has 0 fully saturated rings. The van der Waals surface area contributed by atoms with Gasteiger partial charge in [0.1, 0.15) is 5.60 Å². The highest BCUT2D eigenvalue weighted by Crippen LogP contribution is 2.09. The summed E-state index contributed by atoms with van der Waals surface area (Å²) in [6.45, 7) is 15.1. The Labute approximate surface area is 131 Å². The summed E-state index contributed by atoms with van der Waals surface area (Å²) in [5.74, 6) is 0.735. The van der Waals surface area contributed by atoms with Crippen LogP contribution in [0.2, 0.25) is 0 Å². The quantitative estimate of drug-likeness (QED) is 0.674. The second-order valence-corrected chi connectivity index (χ2v) is 7.41. The molecule has 0 aliphatic carbocycles. The third-order valence-corrected chi connectivity index (χ3v) is 3.23. The van der Waals surface area contributed by atoms with Gasteiger partial charge < -0.3 is 15.4 Å². The van der Waals surface area contributed by atoms with Gasteiger partial charge in [-0.1, -0.05) is 27.2 Å². The average molecular weight is 300 g/mol. The molecule has 0 aliphatic rings. The molecule has 2 atom stereocenters. The van der Waals surface area contributed by atoms with Crippen molar-refractivity contribution in [3.63, 3.8) is 0 Å². The van der Waals surface area contributed by atoms with Gasteiger partial charge in [0.2, 0.25) is 0 Å². The van der Waals surface area contributed by atoms with Crippen LogP contribution in [-0.4, -0.2) is 30.3 Å². The molecule has 0 radical (unpaired) electrons. The number of rotatable bonds is 9. The largest absolute Gasteiger partial charge is 0.444 e. The molecule has 0 rings (SSSR count). The predicted octanol–water partition coefficient (Wildman–Crippen LogP) is 4.09. The Morgan fingerprint density at radius 2 is 1.71 bits per heavy atom. The van der Waals surface area contributed by atoms with E-state index < -0.39 is 5.60 Å². The van der Waals surface area contributed by atoms with Crippen LogP contribution in [-0.2, 0) is 4.74 Å². The molecular weight excluding hydrogens is 264 g/mol. The summed E-state index contributed by atoms with van der Waals surface area (Å²) in [4.78, 5) is 11.7. The minimum Gasteiger partial charge on any atom is -0.444 e. The molecule has 0 aromatic carbocycles. The third-order valence-electron chi connectivity index (χ3n) is 3.23. The van der Waals surface area contributed by atoms with Gasteiger partial charge in [0, 0.05) is 18.6 Å². The van der Waals surface area contributed by atoms with Crippen LogP contribution in [0.3, 0.4) is 0 Å². The molecule has 0 heterocycles. The maximum Gasteiger partial charge on any atom is 0.407 e. The summed E-state index contributed by atoms with van der Waals surface area (Å²) < 4.78 is 5.27. The second kappa shape index (κ2) is 10.0. The molecule has 0 aromatic heterocycles. The lowest BCUT2D eigenvalue weighted by atomic mass is 10.0. The van der Waals surface area contributed by atoms with Crippen LogP contribution in [0, 0.1) is 5.92 Å². The highest BCUT2D eigenvalue weighted by Gasteiger charge is 2.18. The molecule has 0 aromatic rings. The maximum atomic E-state index is 11.7. The van der Waals surface area contributed by atoms with Gasteiger partial charge in [-0.05, 0) is 52.9 Å². The van der Waals surface area contributed by atoms with Crippen LogP contribution in [0.5, 0.6) is 0 Å². The number of hydrogen-bond donors (Lipinski definition) is 2. The van der Waals surface area contributed by atoms with Crippen molar-refractivity contribution in [3.8, 4) is 0 Å². The highest BCUT2D eigenvalue weighted by molar-refractivity contribution is 5.67. The minimum absolute atomic E-state index is 0.310. The highest BCUT2D eigenvalue weighted by atomic mass is 16.6. The topological polar surface area (TPSA) is 50.4 Å². The molecule has 0 saturated heterocycles. The van der Waals surface area contributed by atoms with Crippen molar-refractivity contribution in [3.05, 3.63) is 0 Å². The zero-order valence-electron chi connectivity index (χ0n) is 15.1. The molecule has 1 amide bonds. The summed E-state index contributed by atoms with van der Waals surface area (Å²) in [7, 11) is 0. The maximum absolute atomic E-state index is 11.7. The summed E-state index contributed by atoms with van der Waals surface area (Å²) in [5, 5.41) is 6.49. The van der Waals surface area contributed by atoms with Crippen LogP contribution in [0.15, 0.2) is 0 Å². The van der Waals surface area contributed by atoms with Crippen molar-refractivity contribution >= 4 is 6.09 Å². The Morgan fingerprint density at radius 3 is 2.19 bits per heavy atom. The van der Waals surface area contributed by atoms with E-state index in [1.807, 2.05) is 20.8 Å². The predicted molar refractivity (Wildman–Crippen MR) is 89.6 cm³/mol. The molecule has 0 saturated carbocycles. The first-order valence-electron chi connectivity index (χ1n) is 8.37. The van der Waals surface area contributed by atoms with Crippen LogP contribution in [0.25, 0.3) is 0 Å². The lowest BCUT2D eigenvalue weighted by Gasteiger charge is -2.25. The molecule has 0 spiro atoms. The molecule has 21 heavy (non-hydrogen) atoms. The number of carbonyl (C=O) groups excluding carboxylic acids is 1. The molecule has 4 heteroatoms. The van der Waals surface area contributed by atoms with Crippen LogP contribution >= 0.6 is 0 Å². The van der Waals surface area contributed by atoms with Gasteiger partial charge >= 0.3 is 6.09 Å². The zero-order valence-corrected chi connectivity index (χ0v) is 15.1. The van der Waals surface area contributed by atoms with E-state index in [9.17, 15) is 4.79 Å². The van der Waals surface area contributed by atoms with E-state index in [0.29, 0.717) is 18.6 Å². The molecule has 2 unspecified atom stereocenters. The number of alkyl carbamates (subject to hydrolysis) is 1. The minimum atomic E-state index is -0.442. The van der Waals surface area contributed by atoms with Crippen molar-refractivity contribution in [1.29, 1.82) is 0 Å². The van der Waals surface area contributed by atoms with Crippen molar-refractivity contribution in [2.24, 2.45) is 5.92 Å². The fourth-order valence-electron chi connectivity index (χ4n) is 2.18. The van der Waals surface area contributed by atoms with Crippen molar-refractivity contribution in [2.75, 3.05) is 6.54 Å². The van der Waals surface area contributed by atoms with Crippen molar-refractivity contribution in [2.45, 2.75) is 91.8 Å². The van der Waals surface area contributed by atoms with Gasteiger partial charge in [-0.2, -0.15) is 0 Å². The zero-order chi connectivity index (χ0) is 16.5. The van der Waals surface area contributed by atoms with E-state index in [1.165, 1.54) is 12.8 Å². The van der Waals surface area contributed by atoms with Gasteiger partial charge in [-0.15, -0.1) is 0 Å². The second-order valence-electron chi connectivity index (χ2n) is 7.41. The van der Waals surface area contributed by atoms with Gasteiger partial charge in [-0.3, -0.25) is 0 Å². The molecule has 126 valence electrons. The molecular formula is C17H36N2O2. The Balaban J connectivity index is 4.14. The first-order valence-corrected chi connectivity index (χ1v) is 8.37. The fraction of sp³-hybridized carbons (Fsp3) is 0.941. The monoisotopic (exact) mass is 300 g/mol. The van der Waals surface area contributed by atoms with Gasteiger partial charge in [0.25, 0.3) is 0 Å². The smallest absolute Gasteiger partial charge is 0.407 e. The van der Waals surface area contributed by atoms with E-state index in [2.05, 4.69) is 38.3 Å². The van der Waals surface area contributed by atoms with Gasteiger partial charge in [0.15, 0.2) is 0 Å². The van der Waals surface area contributed by atoms with E-state index >= 15 is 0 Å². The van der Waals surface area contributed by atoms with E-state index in [0.717, 1.165) is 18.8 Å². The summed E-state index contributed by atoms with van der Waals surface area (Å²) in [6.07, 6.45) is 4.23. The lowest BCUT2D eigenvalue weighted by Crippen LogP contribution is -2.45. The molecule has 2 N–H and O–H groups in total. The number of carbonyl (C=O) groups is 1. The number of nitrogens with one attached hydrogen (secondary N) is 2. The third kappa shape index (κ3) is 12.7. The normalized spacial score (nSPS) is 14.9. The summed E-state index contributed by atoms with van der Waals surface area (Å²) >= 11 is 0. The van der Waals surface area contributed by atoms with Gasteiger partial charge in [-0.25, -0.2) is 4.79 Å². The Kier molecular flexibility index (Phi) is 9.67. The average Bonchev–Trinajstić information content (AvgIpc) is 2.31. The van der Waals surface area contributed by atoms with E-state index in [4.69, 9.17) is 4.74 Å². The van der Waals surface area contributed by atoms with E-state index in [-0.39, 0.29) is 6.09 Å². The molecule has 0 aliphatic heterocycles. The summed E-state index contributed by atoms with van der Waals surface area (Å²) in [6, 6.07) is 0.786. The Hall–Kier alpha value is -0.770. The molecule has 4 nitrogen and oxygen atoms in total. The number of ether oxygens (including phenoxy) is 1. The number of hydrogen-bond acceptors (Lipinski definition) is 3. The standard InChI is InChI=1S/C17H36N2O2/c1-8-9-15(19-14(4)11-10-13(2)3)12-18-16(20)21-17(5,6)7/h13-15,19H,8-12H2,1-7H3,(H,18,20).